The number of fused-ring (bicyclic) bond motifs is 1. The molecule has 5 nitrogen and oxygen atoms in total. The maximum absolute atomic E-state index is 14.7. The second-order valence-electron chi connectivity index (χ2n) is 7.49. The van der Waals surface area contributed by atoms with Crippen LogP contribution in [0.3, 0.4) is 0 Å². The molecule has 0 radical (unpaired) electrons. The Morgan fingerprint density at radius 2 is 1.63 bits per heavy atom. The van der Waals surface area contributed by atoms with Crippen LogP contribution in [0.1, 0.15) is 21.5 Å². The molecule has 1 unspecified atom stereocenters. The third-order valence-corrected chi connectivity index (χ3v) is 5.96. The largest absolute Gasteiger partial charge is 0.406 e. The van der Waals surface area contributed by atoms with Crippen LogP contribution in [0.5, 0.6) is 0 Å². The van der Waals surface area contributed by atoms with E-state index in [1.807, 2.05) is 0 Å². The summed E-state index contributed by atoms with van der Waals surface area (Å²) in [5, 5.41) is 2.27. The SMILES string of the molecule is O=C(NC1N=C(c2ccccc2F)c2ccccc2N(CC(F)(F)F)C1=O)c1cccc(Cl)c1Cl. The quantitative estimate of drug-likeness (QED) is 0.450. The van der Waals surface area contributed by atoms with E-state index in [1.54, 1.807) is 0 Å². The summed E-state index contributed by atoms with van der Waals surface area (Å²) in [5.41, 5.74) is -0.304. The number of rotatable bonds is 4. The second-order valence-corrected chi connectivity index (χ2v) is 8.28. The number of benzene rings is 3. The number of benzodiazepines with no additional fused rings is 1. The monoisotopic (exact) mass is 523 g/mol. The van der Waals surface area contributed by atoms with Crippen LogP contribution in [0.25, 0.3) is 0 Å². The molecule has 35 heavy (non-hydrogen) atoms. The fourth-order valence-corrected chi connectivity index (χ4v) is 4.00. The maximum Gasteiger partial charge on any atom is 0.406 e. The number of nitrogens with one attached hydrogen (secondary N) is 1. The zero-order valence-electron chi connectivity index (χ0n) is 17.6. The van der Waals surface area contributed by atoms with E-state index in [0.29, 0.717) is 4.90 Å². The van der Waals surface area contributed by atoms with Gasteiger partial charge in [-0.2, -0.15) is 13.2 Å². The lowest BCUT2D eigenvalue weighted by atomic mass is 9.99. The number of para-hydroxylation sites is 1. The molecule has 180 valence electrons. The third-order valence-electron chi connectivity index (χ3n) is 5.14. The highest BCUT2D eigenvalue weighted by Gasteiger charge is 2.40. The van der Waals surface area contributed by atoms with Gasteiger partial charge >= 0.3 is 6.18 Å². The van der Waals surface area contributed by atoms with Crippen LogP contribution in [-0.4, -0.2) is 36.4 Å². The fourth-order valence-electron chi connectivity index (χ4n) is 3.61. The molecule has 3 aromatic carbocycles. The van der Waals surface area contributed by atoms with Crippen LogP contribution in [0.4, 0.5) is 23.2 Å². The van der Waals surface area contributed by atoms with Gasteiger partial charge in [-0.15, -0.1) is 0 Å². The normalized spacial score (nSPS) is 15.8. The number of carbonyl (C=O) groups excluding carboxylic acids is 2. The minimum atomic E-state index is -4.77. The number of halogens is 6. The Morgan fingerprint density at radius 3 is 2.31 bits per heavy atom. The zero-order valence-corrected chi connectivity index (χ0v) is 19.1. The molecule has 11 heteroatoms. The molecule has 0 saturated heterocycles. The van der Waals surface area contributed by atoms with Crippen molar-refractivity contribution >= 4 is 46.4 Å². The van der Waals surface area contributed by atoms with Crippen molar-refractivity contribution in [3.8, 4) is 0 Å². The number of amides is 2. The summed E-state index contributed by atoms with van der Waals surface area (Å²) in [6.45, 7) is -1.65. The summed E-state index contributed by atoms with van der Waals surface area (Å²) in [6.07, 6.45) is -6.59. The average molecular weight is 524 g/mol. The van der Waals surface area contributed by atoms with E-state index >= 15 is 0 Å². The van der Waals surface area contributed by atoms with E-state index in [9.17, 15) is 27.2 Å². The minimum Gasteiger partial charge on any atom is -0.322 e. The van der Waals surface area contributed by atoms with Crippen LogP contribution in [-0.2, 0) is 4.79 Å². The van der Waals surface area contributed by atoms with Gasteiger partial charge in [0.05, 0.1) is 27.0 Å². The van der Waals surface area contributed by atoms with Crippen molar-refractivity contribution in [3.63, 3.8) is 0 Å². The number of nitrogens with zero attached hydrogens (tertiary/aromatic N) is 2. The zero-order chi connectivity index (χ0) is 25.3. The molecule has 4 rings (SSSR count). The van der Waals surface area contributed by atoms with E-state index in [-0.39, 0.29) is 38.1 Å². The van der Waals surface area contributed by atoms with Gasteiger partial charge in [-0.1, -0.05) is 59.6 Å². The smallest absolute Gasteiger partial charge is 0.322 e. The van der Waals surface area contributed by atoms with Gasteiger partial charge in [-0.3, -0.25) is 14.5 Å². The molecule has 1 heterocycles. The number of carbonyl (C=O) groups is 2. The predicted octanol–water partition coefficient (Wildman–Crippen LogP) is 5.63. The molecule has 0 spiro atoms. The van der Waals surface area contributed by atoms with Crippen LogP contribution in [0.15, 0.2) is 71.7 Å². The first kappa shape index (κ1) is 24.7. The third kappa shape index (κ3) is 5.16. The van der Waals surface area contributed by atoms with Crippen molar-refractivity contribution in [3.05, 3.63) is 99.3 Å². The molecule has 1 aliphatic heterocycles. The molecule has 0 saturated carbocycles. The number of hydrogen-bond donors (Lipinski definition) is 1. The number of aliphatic imine (C=N–C) groups is 1. The van der Waals surface area contributed by atoms with Gasteiger partial charge in [-0.25, -0.2) is 9.38 Å². The molecule has 0 aromatic heterocycles. The molecule has 0 aliphatic carbocycles. The first-order valence-electron chi connectivity index (χ1n) is 10.1. The van der Waals surface area contributed by atoms with Crippen LogP contribution in [0, 0.1) is 5.82 Å². The number of alkyl halides is 3. The molecule has 0 bridgehead atoms. The van der Waals surface area contributed by atoms with Crippen molar-refractivity contribution in [2.75, 3.05) is 11.4 Å². The first-order chi connectivity index (χ1) is 16.6. The standard InChI is InChI=1S/C24H15Cl2F4N3O2/c25-16-9-5-8-15(19(16)26)22(34)32-21-23(35)33(12-24(28,29)30)18-11-4-2-7-14(18)20(31-21)13-6-1-3-10-17(13)27/h1-11,21H,12H2,(H,32,34). The lowest BCUT2D eigenvalue weighted by molar-refractivity contribution is -0.133. The van der Waals surface area contributed by atoms with Crippen molar-refractivity contribution in [2.45, 2.75) is 12.3 Å². The van der Waals surface area contributed by atoms with Gasteiger partial charge in [0.2, 0.25) is 6.17 Å². The minimum absolute atomic E-state index is 0.0540. The van der Waals surface area contributed by atoms with Crippen LogP contribution < -0.4 is 10.2 Å². The van der Waals surface area contributed by atoms with Gasteiger partial charge < -0.3 is 5.32 Å². The van der Waals surface area contributed by atoms with E-state index in [2.05, 4.69) is 10.3 Å². The molecule has 2 amide bonds. The molecule has 0 fully saturated rings. The van der Waals surface area contributed by atoms with E-state index in [4.69, 9.17) is 23.2 Å². The summed E-state index contributed by atoms with van der Waals surface area (Å²) < 4.78 is 55.1. The van der Waals surface area contributed by atoms with Gasteiger partial charge in [0.15, 0.2) is 0 Å². The first-order valence-corrected chi connectivity index (χ1v) is 10.9. The maximum atomic E-state index is 14.7. The lowest BCUT2D eigenvalue weighted by Crippen LogP contribution is -2.50. The Labute approximate surface area is 207 Å². The highest BCUT2D eigenvalue weighted by atomic mass is 35.5. The molecule has 3 aromatic rings. The Hall–Kier alpha value is -3.43. The Balaban J connectivity index is 1.87. The van der Waals surface area contributed by atoms with Crippen LogP contribution >= 0.6 is 23.2 Å². The summed E-state index contributed by atoms with van der Waals surface area (Å²) >= 11 is 12.0. The van der Waals surface area contributed by atoms with Crippen molar-refractivity contribution < 1.29 is 27.2 Å². The van der Waals surface area contributed by atoms with Gasteiger partial charge in [-0.05, 0) is 30.3 Å². The van der Waals surface area contributed by atoms with Gasteiger partial charge in [0.25, 0.3) is 11.8 Å². The summed E-state index contributed by atoms with van der Waals surface area (Å²) in [5.74, 6) is -2.77. The average Bonchev–Trinajstić information content (AvgIpc) is 2.91. The Bertz CT molecular complexity index is 1340. The van der Waals surface area contributed by atoms with Crippen LogP contribution in [0.2, 0.25) is 10.0 Å². The molecule has 1 aliphatic rings. The Kier molecular flexibility index (Phi) is 6.82. The van der Waals surface area contributed by atoms with Crippen molar-refractivity contribution in [1.29, 1.82) is 0 Å². The van der Waals surface area contributed by atoms with E-state index in [0.717, 1.165) is 6.07 Å². The van der Waals surface area contributed by atoms with Crippen molar-refractivity contribution in [2.24, 2.45) is 4.99 Å². The Morgan fingerprint density at radius 1 is 0.971 bits per heavy atom. The van der Waals surface area contributed by atoms with E-state index in [1.165, 1.54) is 60.7 Å². The molecule has 1 N–H and O–H groups in total. The molecule has 1 atom stereocenters. The summed E-state index contributed by atoms with van der Waals surface area (Å²) in [7, 11) is 0. The highest BCUT2D eigenvalue weighted by Crippen LogP contribution is 2.32. The van der Waals surface area contributed by atoms with Crippen molar-refractivity contribution in [1.82, 2.24) is 5.32 Å². The topological polar surface area (TPSA) is 61.8 Å². The van der Waals surface area contributed by atoms with Gasteiger partial charge in [0.1, 0.15) is 12.4 Å². The summed E-state index contributed by atoms with van der Waals surface area (Å²) in [4.78, 5) is 31.0. The molecular formula is C24H15Cl2F4N3O2. The number of anilines is 1. The summed E-state index contributed by atoms with van der Waals surface area (Å²) in [6, 6.07) is 15.4. The van der Waals surface area contributed by atoms with Gasteiger partial charge in [0, 0.05) is 11.1 Å². The highest BCUT2D eigenvalue weighted by molar-refractivity contribution is 6.43. The lowest BCUT2D eigenvalue weighted by Gasteiger charge is -2.26. The van der Waals surface area contributed by atoms with E-state index < -0.39 is 36.5 Å². The molecular weight excluding hydrogens is 509 g/mol. The second kappa shape index (κ2) is 9.67. The predicted molar refractivity (Wildman–Crippen MR) is 125 cm³/mol. The number of hydrogen-bond acceptors (Lipinski definition) is 3. The fraction of sp³-hybridized carbons (Fsp3) is 0.125.